The molecule has 0 saturated heterocycles. The van der Waals surface area contributed by atoms with Gasteiger partial charge in [0.1, 0.15) is 5.82 Å². The summed E-state index contributed by atoms with van der Waals surface area (Å²) in [6, 6.07) is 6.54. The van der Waals surface area contributed by atoms with E-state index >= 15 is 0 Å². The van der Waals surface area contributed by atoms with Crippen LogP contribution in [0.15, 0.2) is 24.4 Å². The van der Waals surface area contributed by atoms with Gasteiger partial charge in [0, 0.05) is 23.9 Å². The molecule has 3 heteroatoms. The van der Waals surface area contributed by atoms with Crippen molar-refractivity contribution >= 4 is 11.6 Å². The van der Waals surface area contributed by atoms with Crippen molar-refractivity contribution in [1.82, 2.24) is 9.97 Å². The molecule has 0 fully saturated rings. The fourth-order valence-electron chi connectivity index (χ4n) is 2.11. The average Bonchev–Trinajstić information content (AvgIpc) is 2.27. The monoisotopic (exact) mass is 260 g/mol. The third kappa shape index (κ3) is 3.08. The Morgan fingerprint density at radius 3 is 2.28 bits per heavy atom. The summed E-state index contributed by atoms with van der Waals surface area (Å²) in [5.41, 5.74) is 5.78. The lowest BCUT2D eigenvalue weighted by Crippen LogP contribution is -2.01. The van der Waals surface area contributed by atoms with E-state index in [0.29, 0.717) is 5.88 Å². The largest absolute Gasteiger partial charge is 0.241 e. The van der Waals surface area contributed by atoms with E-state index in [4.69, 9.17) is 11.6 Å². The molecule has 0 aliphatic carbocycles. The number of aryl methyl sites for hydroxylation is 3. The summed E-state index contributed by atoms with van der Waals surface area (Å²) in [4.78, 5) is 8.87. The second kappa shape index (κ2) is 5.49. The Labute approximate surface area is 113 Å². The summed E-state index contributed by atoms with van der Waals surface area (Å²) in [7, 11) is 0. The highest BCUT2D eigenvalue weighted by Gasteiger charge is 2.04. The second-order valence-electron chi connectivity index (χ2n) is 4.70. The molecule has 2 rings (SSSR count). The van der Waals surface area contributed by atoms with E-state index in [2.05, 4.69) is 42.0 Å². The number of hydrogen-bond donors (Lipinski definition) is 0. The molecule has 18 heavy (non-hydrogen) atoms. The Morgan fingerprint density at radius 1 is 1.06 bits per heavy atom. The van der Waals surface area contributed by atoms with Gasteiger partial charge in [0.15, 0.2) is 0 Å². The van der Waals surface area contributed by atoms with E-state index in [-0.39, 0.29) is 0 Å². The standard InChI is InChI=1S/C15H17ClN2/c1-10-4-11(2)6-13(5-10)7-15-17-9-14(8-16)12(3)18-15/h4-6,9H,7-8H2,1-3H3. The third-order valence-corrected chi connectivity index (χ3v) is 3.21. The maximum atomic E-state index is 5.81. The molecular formula is C15H17ClN2. The predicted molar refractivity (Wildman–Crippen MR) is 75.0 cm³/mol. The van der Waals surface area contributed by atoms with Crippen LogP contribution in [0.25, 0.3) is 0 Å². The van der Waals surface area contributed by atoms with Crippen molar-refractivity contribution in [2.45, 2.75) is 33.1 Å². The zero-order valence-corrected chi connectivity index (χ0v) is 11.8. The number of aromatic nitrogens is 2. The van der Waals surface area contributed by atoms with E-state index in [9.17, 15) is 0 Å². The van der Waals surface area contributed by atoms with Gasteiger partial charge in [-0.05, 0) is 26.3 Å². The van der Waals surface area contributed by atoms with Gasteiger partial charge in [-0.2, -0.15) is 0 Å². The van der Waals surface area contributed by atoms with E-state index in [1.807, 2.05) is 13.1 Å². The van der Waals surface area contributed by atoms with Crippen LogP contribution in [0.3, 0.4) is 0 Å². The van der Waals surface area contributed by atoms with Gasteiger partial charge in [-0.25, -0.2) is 9.97 Å². The zero-order valence-electron chi connectivity index (χ0n) is 11.0. The molecule has 1 aromatic heterocycles. The first-order valence-electron chi connectivity index (χ1n) is 6.03. The maximum absolute atomic E-state index is 5.81. The molecule has 0 unspecified atom stereocenters. The first-order valence-corrected chi connectivity index (χ1v) is 6.56. The highest BCUT2D eigenvalue weighted by Crippen LogP contribution is 2.13. The van der Waals surface area contributed by atoms with Crippen molar-refractivity contribution in [3.05, 3.63) is 58.2 Å². The van der Waals surface area contributed by atoms with Crippen molar-refractivity contribution in [3.63, 3.8) is 0 Å². The lowest BCUT2D eigenvalue weighted by atomic mass is 10.0. The molecule has 2 nitrogen and oxygen atoms in total. The minimum absolute atomic E-state index is 0.468. The summed E-state index contributed by atoms with van der Waals surface area (Å²) < 4.78 is 0. The highest BCUT2D eigenvalue weighted by atomic mass is 35.5. The number of hydrogen-bond acceptors (Lipinski definition) is 2. The van der Waals surface area contributed by atoms with Crippen LogP contribution in [0, 0.1) is 20.8 Å². The van der Waals surface area contributed by atoms with Gasteiger partial charge in [0.25, 0.3) is 0 Å². The minimum Gasteiger partial charge on any atom is -0.241 e. The molecule has 0 N–H and O–H groups in total. The molecule has 2 aromatic rings. The average molecular weight is 261 g/mol. The summed E-state index contributed by atoms with van der Waals surface area (Å²) in [6.45, 7) is 6.20. The Balaban J connectivity index is 2.25. The number of alkyl halides is 1. The molecule has 0 bridgehead atoms. The summed E-state index contributed by atoms with van der Waals surface area (Å²) in [5.74, 6) is 1.32. The number of benzene rings is 1. The quantitative estimate of drug-likeness (QED) is 0.786. The van der Waals surface area contributed by atoms with Crippen LogP contribution in [0.1, 0.15) is 33.8 Å². The van der Waals surface area contributed by atoms with Crippen LogP contribution < -0.4 is 0 Å². The van der Waals surface area contributed by atoms with Crippen molar-refractivity contribution in [2.24, 2.45) is 0 Å². The van der Waals surface area contributed by atoms with Crippen LogP contribution >= 0.6 is 11.6 Å². The smallest absolute Gasteiger partial charge is 0.132 e. The highest BCUT2D eigenvalue weighted by molar-refractivity contribution is 6.17. The molecule has 0 radical (unpaired) electrons. The van der Waals surface area contributed by atoms with Crippen LogP contribution in [0.2, 0.25) is 0 Å². The Morgan fingerprint density at radius 2 is 1.72 bits per heavy atom. The lowest BCUT2D eigenvalue weighted by molar-refractivity contribution is 0.921. The third-order valence-electron chi connectivity index (χ3n) is 2.92. The van der Waals surface area contributed by atoms with Gasteiger partial charge in [0.05, 0.1) is 5.88 Å². The van der Waals surface area contributed by atoms with Crippen LogP contribution in [-0.4, -0.2) is 9.97 Å². The lowest BCUT2D eigenvalue weighted by Gasteiger charge is -2.06. The van der Waals surface area contributed by atoms with Gasteiger partial charge in [0.2, 0.25) is 0 Å². The topological polar surface area (TPSA) is 25.8 Å². The number of nitrogens with zero attached hydrogens (tertiary/aromatic N) is 2. The van der Waals surface area contributed by atoms with Crippen molar-refractivity contribution in [3.8, 4) is 0 Å². The molecule has 0 saturated carbocycles. The van der Waals surface area contributed by atoms with Crippen LogP contribution in [0.5, 0.6) is 0 Å². The predicted octanol–water partition coefficient (Wildman–Crippen LogP) is 3.73. The molecule has 1 aromatic carbocycles. The summed E-state index contributed by atoms with van der Waals surface area (Å²) >= 11 is 5.81. The molecule has 1 heterocycles. The van der Waals surface area contributed by atoms with E-state index in [0.717, 1.165) is 23.5 Å². The van der Waals surface area contributed by atoms with Gasteiger partial charge >= 0.3 is 0 Å². The molecular weight excluding hydrogens is 244 g/mol. The Kier molecular flexibility index (Phi) is 3.97. The van der Waals surface area contributed by atoms with Crippen molar-refractivity contribution in [2.75, 3.05) is 0 Å². The molecule has 0 amide bonds. The number of halogens is 1. The number of rotatable bonds is 3. The van der Waals surface area contributed by atoms with Gasteiger partial charge in [-0.15, -0.1) is 11.6 Å². The fourth-order valence-corrected chi connectivity index (χ4v) is 2.37. The van der Waals surface area contributed by atoms with E-state index < -0.39 is 0 Å². The normalized spacial score (nSPS) is 10.7. The first kappa shape index (κ1) is 13.0. The van der Waals surface area contributed by atoms with Crippen molar-refractivity contribution < 1.29 is 0 Å². The van der Waals surface area contributed by atoms with Gasteiger partial charge in [-0.1, -0.05) is 29.3 Å². The molecule has 0 aliphatic rings. The zero-order chi connectivity index (χ0) is 13.1. The Hall–Kier alpha value is -1.41. The van der Waals surface area contributed by atoms with Crippen molar-refractivity contribution in [1.29, 1.82) is 0 Å². The summed E-state index contributed by atoms with van der Waals surface area (Å²) in [5, 5.41) is 0. The van der Waals surface area contributed by atoms with Gasteiger partial charge < -0.3 is 0 Å². The van der Waals surface area contributed by atoms with Gasteiger partial charge in [-0.3, -0.25) is 0 Å². The molecule has 94 valence electrons. The molecule has 0 atom stereocenters. The SMILES string of the molecule is Cc1cc(C)cc(Cc2ncc(CCl)c(C)n2)c1. The second-order valence-corrected chi connectivity index (χ2v) is 4.97. The minimum atomic E-state index is 0.468. The van der Waals surface area contributed by atoms with E-state index in [1.54, 1.807) is 0 Å². The molecule has 0 aliphatic heterocycles. The molecule has 0 spiro atoms. The maximum Gasteiger partial charge on any atom is 0.132 e. The van der Waals surface area contributed by atoms with Crippen LogP contribution in [-0.2, 0) is 12.3 Å². The fraction of sp³-hybridized carbons (Fsp3) is 0.333. The van der Waals surface area contributed by atoms with E-state index in [1.165, 1.54) is 16.7 Å². The summed E-state index contributed by atoms with van der Waals surface area (Å²) in [6.07, 6.45) is 2.60. The van der Waals surface area contributed by atoms with Crippen LogP contribution in [0.4, 0.5) is 0 Å². The first-order chi connectivity index (χ1) is 8.58. The Bertz CT molecular complexity index is 544.